The Morgan fingerprint density at radius 1 is 1.35 bits per heavy atom. The minimum absolute atomic E-state index is 0.0179. The van der Waals surface area contributed by atoms with Crippen molar-refractivity contribution in [1.82, 2.24) is 20.1 Å². The zero-order valence-corrected chi connectivity index (χ0v) is 10.5. The molecule has 0 bridgehead atoms. The van der Waals surface area contributed by atoms with Crippen LogP contribution in [-0.4, -0.2) is 50.6 Å². The van der Waals surface area contributed by atoms with Crippen LogP contribution in [0, 0.1) is 0 Å². The molecule has 92 valence electrons. The zero-order valence-electron chi connectivity index (χ0n) is 9.69. The maximum atomic E-state index is 12.2. The maximum absolute atomic E-state index is 12.2. The Morgan fingerprint density at radius 2 is 2.24 bits per heavy atom. The molecule has 1 aliphatic carbocycles. The predicted molar refractivity (Wildman–Crippen MR) is 66.2 cm³/mol. The molecule has 5 nitrogen and oxygen atoms in total. The maximum Gasteiger partial charge on any atom is 0.293 e. The fraction of sp³-hybridized carbons (Fsp3) is 0.727. The Kier molecular flexibility index (Phi) is 3.05. The fourth-order valence-corrected chi connectivity index (χ4v) is 2.89. The van der Waals surface area contributed by atoms with E-state index >= 15 is 0 Å². The molecule has 0 unspecified atom stereocenters. The third-order valence-electron chi connectivity index (χ3n) is 3.17. The lowest BCUT2D eigenvalue weighted by molar-refractivity contribution is 0.0756. The first kappa shape index (κ1) is 11.1. The molecule has 2 aliphatic rings. The molecule has 1 aliphatic heterocycles. The Bertz CT molecular complexity index is 407. The Hall–Kier alpha value is -1.04. The van der Waals surface area contributed by atoms with Gasteiger partial charge in [0.1, 0.15) is 5.82 Å². The summed E-state index contributed by atoms with van der Waals surface area (Å²) < 4.78 is 0. The van der Waals surface area contributed by atoms with Crippen molar-refractivity contribution >= 4 is 17.7 Å². The van der Waals surface area contributed by atoms with E-state index in [0.29, 0.717) is 11.7 Å². The lowest BCUT2D eigenvalue weighted by atomic mass is 10.3. The van der Waals surface area contributed by atoms with E-state index in [2.05, 4.69) is 15.2 Å². The van der Waals surface area contributed by atoms with Gasteiger partial charge < -0.3 is 4.90 Å². The van der Waals surface area contributed by atoms with Crippen LogP contribution < -0.4 is 0 Å². The van der Waals surface area contributed by atoms with Gasteiger partial charge in [-0.3, -0.25) is 9.89 Å². The van der Waals surface area contributed by atoms with E-state index in [1.165, 1.54) is 12.8 Å². The number of rotatable bonds is 2. The highest BCUT2D eigenvalue weighted by Crippen LogP contribution is 2.37. The number of aromatic amines is 1. The summed E-state index contributed by atoms with van der Waals surface area (Å²) in [5.41, 5.74) is 0. The van der Waals surface area contributed by atoms with Crippen molar-refractivity contribution < 1.29 is 4.79 Å². The molecule has 0 spiro atoms. The first-order valence-electron chi connectivity index (χ1n) is 6.14. The van der Waals surface area contributed by atoms with E-state index in [1.807, 2.05) is 16.7 Å². The summed E-state index contributed by atoms with van der Waals surface area (Å²) in [6.45, 7) is 1.65. The number of hydrogen-bond acceptors (Lipinski definition) is 4. The van der Waals surface area contributed by atoms with Gasteiger partial charge in [0.2, 0.25) is 5.82 Å². The van der Waals surface area contributed by atoms with Crippen molar-refractivity contribution in [2.45, 2.75) is 25.2 Å². The Labute approximate surface area is 104 Å². The number of amides is 1. The van der Waals surface area contributed by atoms with Crippen LogP contribution in [-0.2, 0) is 0 Å². The van der Waals surface area contributed by atoms with Crippen molar-refractivity contribution in [1.29, 1.82) is 0 Å². The summed E-state index contributed by atoms with van der Waals surface area (Å²) in [7, 11) is 0. The van der Waals surface area contributed by atoms with Gasteiger partial charge in [-0.25, -0.2) is 4.98 Å². The first-order chi connectivity index (χ1) is 8.34. The highest BCUT2D eigenvalue weighted by atomic mass is 32.2. The summed E-state index contributed by atoms with van der Waals surface area (Å²) in [5.74, 6) is 3.90. The normalized spacial score (nSPS) is 21.3. The molecule has 0 aromatic carbocycles. The van der Waals surface area contributed by atoms with Crippen LogP contribution in [0.1, 0.15) is 41.6 Å². The summed E-state index contributed by atoms with van der Waals surface area (Å²) in [4.78, 5) is 18.4. The molecule has 2 fully saturated rings. The van der Waals surface area contributed by atoms with E-state index in [0.717, 1.165) is 36.8 Å². The largest absolute Gasteiger partial charge is 0.335 e. The van der Waals surface area contributed by atoms with Crippen LogP contribution in [0.3, 0.4) is 0 Å². The van der Waals surface area contributed by atoms with Crippen molar-refractivity contribution in [3.8, 4) is 0 Å². The zero-order chi connectivity index (χ0) is 11.7. The summed E-state index contributed by atoms with van der Waals surface area (Å²) >= 11 is 1.91. The number of nitrogens with one attached hydrogen (secondary N) is 1. The molecule has 2 heterocycles. The topological polar surface area (TPSA) is 61.9 Å². The van der Waals surface area contributed by atoms with E-state index in [1.54, 1.807) is 0 Å². The van der Waals surface area contributed by atoms with Crippen LogP contribution in [0.25, 0.3) is 0 Å². The molecule has 0 radical (unpaired) electrons. The standard InChI is InChI=1S/C11H16N4OS/c16-11(15-4-1-6-17-7-5-15)10-12-9(13-14-10)8-2-3-8/h8H,1-7H2,(H,12,13,14). The molecule has 1 aromatic rings. The average molecular weight is 252 g/mol. The summed E-state index contributed by atoms with van der Waals surface area (Å²) in [5, 5.41) is 6.94. The second kappa shape index (κ2) is 4.68. The monoisotopic (exact) mass is 252 g/mol. The van der Waals surface area contributed by atoms with Gasteiger partial charge in [-0.1, -0.05) is 0 Å². The van der Waals surface area contributed by atoms with Gasteiger partial charge in [-0.15, -0.1) is 5.10 Å². The van der Waals surface area contributed by atoms with Gasteiger partial charge >= 0.3 is 0 Å². The molecule has 0 atom stereocenters. The highest BCUT2D eigenvalue weighted by Gasteiger charge is 2.29. The predicted octanol–water partition coefficient (Wildman–Crippen LogP) is 1.26. The minimum Gasteiger partial charge on any atom is -0.335 e. The molecule has 1 N–H and O–H groups in total. The summed E-state index contributed by atoms with van der Waals surface area (Å²) in [6, 6.07) is 0. The molecule has 1 aromatic heterocycles. The van der Waals surface area contributed by atoms with Crippen molar-refractivity contribution in [2.75, 3.05) is 24.6 Å². The second-order valence-electron chi connectivity index (χ2n) is 4.58. The van der Waals surface area contributed by atoms with Crippen LogP contribution in [0.15, 0.2) is 0 Å². The number of nitrogens with zero attached hydrogens (tertiary/aromatic N) is 3. The number of H-pyrrole nitrogens is 1. The van der Waals surface area contributed by atoms with Crippen molar-refractivity contribution in [3.63, 3.8) is 0 Å². The van der Waals surface area contributed by atoms with Crippen LogP contribution in [0.2, 0.25) is 0 Å². The third-order valence-corrected chi connectivity index (χ3v) is 4.22. The van der Waals surface area contributed by atoms with Crippen LogP contribution in [0.4, 0.5) is 0 Å². The average Bonchev–Trinajstić information content (AvgIpc) is 3.13. The van der Waals surface area contributed by atoms with Gasteiger partial charge in [0.25, 0.3) is 5.91 Å². The molecule has 17 heavy (non-hydrogen) atoms. The van der Waals surface area contributed by atoms with Gasteiger partial charge in [-0.2, -0.15) is 11.8 Å². The lowest BCUT2D eigenvalue weighted by Gasteiger charge is -2.17. The minimum atomic E-state index is -0.0179. The van der Waals surface area contributed by atoms with Crippen LogP contribution >= 0.6 is 11.8 Å². The number of aromatic nitrogens is 3. The summed E-state index contributed by atoms with van der Waals surface area (Å²) in [6.07, 6.45) is 3.41. The van der Waals surface area contributed by atoms with Crippen molar-refractivity contribution in [3.05, 3.63) is 11.6 Å². The van der Waals surface area contributed by atoms with E-state index < -0.39 is 0 Å². The second-order valence-corrected chi connectivity index (χ2v) is 5.80. The molecular formula is C11H16N4OS. The number of carbonyl (C=O) groups is 1. The highest BCUT2D eigenvalue weighted by molar-refractivity contribution is 7.99. The van der Waals surface area contributed by atoms with Crippen LogP contribution in [0.5, 0.6) is 0 Å². The van der Waals surface area contributed by atoms with Crippen molar-refractivity contribution in [2.24, 2.45) is 0 Å². The van der Waals surface area contributed by atoms with E-state index in [9.17, 15) is 4.79 Å². The van der Waals surface area contributed by atoms with Gasteiger partial charge in [0, 0.05) is 24.8 Å². The molecule has 3 rings (SSSR count). The molecule has 6 heteroatoms. The quantitative estimate of drug-likeness (QED) is 0.861. The Morgan fingerprint density at radius 3 is 3.06 bits per heavy atom. The Balaban J connectivity index is 1.70. The van der Waals surface area contributed by atoms with E-state index in [4.69, 9.17) is 0 Å². The smallest absolute Gasteiger partial charge is 0.293 e. The van der Waals surface area contributed by atoms with E-state index in [-0.39, 0.29) is 5.91 Å². The molecule has 1 amide bonds. The number of carbonyl (C=O) groups excluding carboxylic acids is 1. The number of thioether (sulfide) groups is 1. The third kappa shape index (κ3) is 2.46. The molecule has 1 saturated carbocycles. The van der Waals surface area contributed by atoms with Gasteiger partial charge in [0.05, 0.1) is 0 Å². The lowest BCUT2D eigenvalue weighted by Crippen LogP contribution is -2.33. The first-order valence-corrected chi connectivity index (χ1v) is 7.29. The molecule has 1 saturated heterocycles. The number of hydrogen-bond donors (Lipinski definition) is 1. The van der Waals surface area contributed by atoms with Gasteiger partial charge in [0.15, 0.2) is 0 Å². The fourth-order valence-electron chi connectivity index (χ4n) is 2.00. The van der Waals surface area contributed by atoms with Gasteiger partial charge in [-0.05, 0) is 25.0 Å². The SMILES string of the molecule is O=C(c1n[nH]c(C2CC2)n1)N1CCCSCC1. The molecular weight excluding hydrogens is 236 g/mol.